The molecule has 1 saturated heterocycles. The van der Waals surface area contributed by atoms with E-state index >= 15 is 0 Å². The number of rotatable bonds is 3. The minimum atomic E-state index is -1.01. The number of aromatic amines is 1. The topological polar surface area (TPSA) is 102 Å². The highest BCUT2D eigenvalue weighted by atomic mass is 16.4. The second-order valence-corrected chi connectivity index (χ2v) is 7.54. The number of nitrogens with zero attached hydrogens (tertiary/aromatic N) is 4. The van der Waals surface area contributed by atoms with Crippen LogP contribution in [0.4, 0.5) is 5.82 Å². The van der Waals surface area contributed by atoms with Gasteiger partial charge < -0.3 is 19.9 Å². The van der Waals surface area contributed by atoms with Crippen LogP contribution in [0.15, 0.2) is 36.7 Å². The van der Waals surface area contributed by atoms with E-state index in [4.69, 9.17) is 4.98 Å². The van der Waals surface area contributed by atoms with Gasteiger partial charge >= 0.3 is 5.97 Å². The van der Waals surface area contributed by atoms with Gasteiger partial charge in [0.2, 0.25) is 5.91 Å². The third-order valence-electron chi connectivity index (χ3n) is 5.39. The summed E-state index contributed by atoms with van der Waals surface area (Å²) >= 11 is 0. The van der Waals surface area contributed by atoms with Crippen molar-refractivity contribution in [1.29, 1.82) is 0 Å². The van der Waals surface area contributed by atoms with Crippen molar-refractivity contribution in [2.75, 3.05) is 18.0 Å². The van der Waals surface area contributed by atoms with Gasteiger partial charge in [0.05, 0.1) is 11.3 Å². The van der Waals surface area contributed by atoms with E-state index < -0.39 is 5.97 Å². The second-order valence-electron chi connectivity index (χ2n) is 7.54. The number of carbonyl (C=O) groups excluding carboxylic acids is 1. The number of amides is 1. The predicted octanol–water partition coefficient (Wildman–Crippen LogP) is 2.77. The fourth-order valence-corrected chi connectivity index (χ4v) is 4.21. The van der Waals surface area contributed by atoms with E-state index in [9.17, 15) is 14.7 Å². The van der Waals surface area contributed by atoms with Crippen molar-refractivity contribution in [3.05, 3.63) is 42.2 Å². The van der Waals surface area contributed by atoms with Crippen LogP contribution in [-0.4, -0.2) is 62.0 Å². The first-order chi connectivity index (χ1) is 13.8. The van der Waals surface area contributed by atoms with Crippen molar-refractivity contribution in [3.63, 3.8) is 0 Å². The van der Waals surface area contributed by atoms with Crippen LogP contribution in [0.25, 0.3) is 22.3 Å². The van der Waals surface area contributed by atoms with E-state index in [0.29, 0.717) is 18.7 Å². The van der Waals surface area contributed by atoms with E-state index in [-0.39, 0.29) is 23.6 Å². The van der Waals surface area contributed by atoms with Crippen molar-refractivity contribution < 1.29 is 14.7 Å². The monoisotopic (exact) mass is 393 g/mol. The molecular formula is C21H23N5O3. The van der Waals surface area contributed by atoms with Crippen molar-refractivity contribution in [1.82, 2.24) is 19.9 Å². The number of H-pyrrole nitrogens is 1. The van der Waals surface area contributed by atoms with Gasteiger partial charge in [-0.05, 0) is 32.0 Å². The molecule has 150 valence electrons. The Morgan fingerprint density at radius 3 is 2.59 bits per heavy atom. The Morgan fingerprint density at radius 1 is 1.21 bits per heavy atom. The van der Waals surface area contributed by atoms with Gasteiger partial charge in [-0.25, -0.2) is 14.8 Å². The average molecular weight is 393 g/mol. The molecule has 4 heterocycles. The third kappa shape index (κ3) is 3.41. The number of hydrogen-bond acceptors (Lipinski definition) is 5. The molecule has 0 aromatic carbocycles. The quantitative estimate of drug-likeness (QED) is 0.709. The zero-order valence-electron chi connectivity index (χ0n) is 16.6. The van der Waals surface area contributed by atoms with Gasteiger partial charge in [0.25, 0.3) is 0 Å². The van der Waals surface area contributed by atoms with Gasteiger partial charge in [0.15, 0.2) is 0 Å². The number of fused-ring (bicyclic) bond motifs is 1. The van der Waals surface area contributed by atoms with Crippen LogP contribution in [0.5, 0.6) is 0 Å². The molecule has 1 fully saturated rings. The molecule has 29 heavy (non-hydrogen) atoms. The SMILES string of the molecule is CC(=O)N1[C@H](C)CN(c2cccc(-c3c[nH]c4ncc(C(=O)O)cc34)n2)C[C@@H]1C. The number of aromatic carboxylic acids is 1. The summed E-state index contributed by atoms with van der Waals surface area (Å²) in [5, 5.41) is 9.99. The number of aromatic nitrogens is 3. The van der Waals surface area contributed by atoms with Crippen LogP contribution in [0.1, 0.15) is 31.1 Å². The molecule has 0 unspecified atom stereocenters. The number of piperazine rings is 1. The number of carbonyl (C=O) groups is 2. The number of pyridine rings is 2. The van der Waals surface area contributed by atoms with Crippen LogP contribution in [0, 0.1) is 0 Å². The van der Waals surface area contributed by atoms with E-state index in [2.05, 4.69) is 14.9 Å². The summed E-state index contributed by atoms with van der Waals surface area (Å²) in [6, 6.07) is 7.60. The van der Waals surface area contributed by atoms with Gasteiger partial charge in [0, 0.05) is 55.4 Å². The standard InChI is InChI=1S/C21H23N5O3/c1-12-10-25(11-13(2)26(12)14(3)27)19-6-4-5-18(24-19)17-9-23-20-16(17)7-15(8-22-20)21(28)29/h4-9,12-13H,10-11H2,1-3H3,(H,22,23)(H,28,29)/t12-,13+. The van der Waals surface area contributed by atoms with Crippen LogP contribution in [0.3, 0.4) is 0 Å². The van der Waals surface area contributed by atoms with Gasteiger partial charge in [-0.15, -0.1) is 0 Å². The summed E-state index contributed by atoms with van der Waals surface area (Å²) in [7, 11) is 0. The summed E-state index contributed by atoms with van der Waals surface area (Å²) in [6.07, 6.45) is 3.14. The highest BCUT2D eigenvalue weighted by Crippen LogP contribution is 2.29. The van der Waals surface area contributed by atoms with Crippen molar-refractivity contribution in [2.24, 2.45) is 0 Å². The zero-order chi connectivity index (χ0) is 20.7. The minimum absolute atomic E-state index is 0.0897. The van der Waals surface area contributed by atoms with Gasteiger partial charge in [-0.3, -0.25) is 4.79 Å². The maximum atomic E-state index is 11.9. The smallest absolute Gasteiger partial charge is 0.337 e. The maximum absolute atomic E-state index is 11.9. The van der Waals surface area contributed by atoms with Gasteiger partial charge in [0.1, 0.15) is 11.5 Å². The lowest BCUT2D eigenvalue weighted by molar-refractivity contribution is -0.133. The lowest BCUT2D eigenvalue weighted by Crippen LogP contribution is -2.58. The van der Waals surface area contributed by atoms with E-state index in [1.807, 2.05) is 36.9 Å². The first-order valence-electron chi connectivity index (χ1n) is 9.57. The van der Waals surface area contributed by atoms with Crippen molar-refractivity contribution in [2.45, 2.75) is 32.9 Å². The van der Waals surface area contributed by atoms with E-state index in [1.54, 1.807) is 19.2 Å². The number of nitrogens with one attached hydrogen (secondary N) is 1. The number of carboxylic acid groups (broad SMARTS) is 1. The Hall–Kier alpha value is -3.42. The summed E-state index contributed by atoms with van der Waals surface area (Å²) in [5.74, 6) is -0.0902. The van der Waals surface area contributed by atoms with Gasteiger partial charge in [-0.1, -0.05) is 6.07 Å². The lowest BCUT2D eigenvalue weighted by atomic mass is 10.1. The summed E-state index contributed by atoms with van der Waals surface area (Å²) < 4.78 is 0. The largest absolute Gasteiger partial charge is 0.478 e. The second kappa shape index (κ2) is 7.20. The third-order valence-corrected chi connectivity index (χ3v) is 5.39. The molecule has 4 rings (SSSR count). The number of hydrogen-bond donors (Lipinski definition) is 2. The number of carboxylic acids is 1. The molecule has 2 N–H and O–H groups in total. The molecule has 1 aliphatic rings. The van der Waals surface area contributed by atoms with Crippen molar-refractivity contribution in [3.8, 4) is 11.3 Å². The molecule has 8 nitrogen and oxygen atoms in total. The zero-order valence-corrected chi connectivity index (χ0v) is 16.6. The van der Waals surface area contributed by atoms with Crippen LogP contribution < -0.4 is 4.90 Å². The minimum Gasteiger partial charge on any atom is -0.478 e. The summed E-state index contributed by atoms with van der Waals surface area (Å²) in [5.41, 5.74) is 2.31. The predicted molar refractivity (Wildman–Crippen MR) is 110 cm³/mol. The summed E-state index contributed by atoms with van der Waals surface area (Å²) in [4.78, 5) is 39.4. The molecule has 0 radical (unpaired) electrons. The Kier molecular flexibility index (Phi) is 4.70. The molecule has 0 saturated carbocycles. The Bertz CT molecular complexity index is 1080. The van der Waals surface area contributed by atoms with Crippen LogP contribution in [0.2, 0.25) is 0 Å². The average Bonchev–Trinajstić information content (AvgIpc) is 3.10. The summed E-state index contributed by atoms with van der Waals surface area (Å²) in [6.45, 7) is 7.12. The first-order valence-corrected chi connectivity index (χ1v) is 9.57. The van der Waals surface area contributed by atoms with E-state index in [0.717, 1.165) is 22.5 Å². The molecule has 3 aromatic heterocycles. The fourth-order valence-electron chi connectivity index (χ4n) is 4.21. The molecule has 2 atom stereocenters. The van der Waals surface area contributed by atoms with Crippen molar-refractivity contribution >= 4 is 28.7 Å². The lowest BCUT2D eigenvalue weighted by Gasteiger charge is -2.44. The molecule has 3 aromatic rings. The Morgan fingerprint density at radius 2 is 1.93 bits per heavy atom. The molecule has 1 amide bonds. The Balaban J connectivity index is 1.68. The first kappa shape index (κ1) is 18.9. The highest BCUT2D eigenvalue weighted by Gasteiger charge is 2.31. The van der Waals surface area contributed by atoms with Gasteiger partial charge in [-0.2, -0.15) is 0 Å². The van der Waals surface area contributed by atoms with Crippen LogP contribution in [-0.2, 0) is 4.79 Å². The molecule has 1 aliphatic heterocycles. The molecule has 0 bridgehead atoms. The molecule has 0 spiro atoms. The van der Waals surface area contributed by atoms with Crippen LogP contribution >= 0.6 is 0 Å². The Labute approximate surface area is 168 Å². The molecule has 8 heteroatoms. The molecule has 0 aliphatic carbocycles. The van der Waals surface area contributed by atoms with E-state index in [1.165, 1.54) is 6.20 Å². The number of anilines is 1. The molecular weight excluding hydrogens is 370 g/mol. The maximum Gasteiger partial charge on any atom is 0.337 e. The fraction of sp³-hybridized carbons (Fsp3) is 0.333. The highest BCUT2D eigenvalue weighted by molar-refractivity contribution is 5.98. The normalized spacial score (nSPS) is 19.6.